The first-order valence-electron chi connectivity index (χ1n) is 7.58. The lowest BCUT2D eigenvalue weighted by molar-refractivity contribution is -0.121. The number of rotatable bonds is 8. The summed E-state index contributed by atoms with van der Waals surface area (Å²) >= 11 is 1.92. The minimum absolute atomic E-state index is 0.147. The molecule has 1 amide bonds. The Morgan fingerprint density at radius 2 is 2.45 bits per heavy atom. The second-order valence-electron chi connectivity index (χ2n) is 5.44. The molecule has 2 unspecified atom stereocenters. The third kappa shape index (κ3) is 6.43. The summed E-state index contributed by atoms with van der Waals surface area (Å²) in [6.45, 7) is 4.94. The van der Waals surface area contributed by atoms with E-state index in [1.807, 2.05) is 11.8 Å². The lowest BCUT2D eigenvalue weighted by atomic mass is 10.1. The highest BCUT2D eigenvalue weighted by Crippen LogP contribution is 2.12. The van der Waals surface area contributed by atoms with E-state index in [4.69, 9.17) is 9.47 Å². The number of hydrogen-bond acceptors (Lipinski definition) is 5. The summed E-state index contributed by atoms with van der Waals surface area (Å²) in [6, 6.07) is 0.340. The number of carbonyl (C=O) groups is 1. The van der Waals surface area contributed by atoms with E-state index in [1.54, 1.807) is 0 Å². The Morgan fingerprint density at radius 3 is 3.20 bits per heavy atom. The molecule has 2 rings (SSSR count). The minimum Gasteiger partial charge on any atom is -0.381 e. The van der Waals surface area contributed by atoms with E-state index in [0.29, 0.717) is 31.5 Å². The summed E-state index contributed by atoms with van der Waals surface area (Å²) in [5, 5.41) is 6.34. The Kier molecular flexibility index (Phi) is 7.72. The fourth-order valence-electron chi connectivity index (χ4n) is 2.41. The SMILES string of the molecule is O=C(CC1CSCCN1)NCCCOCC1CCOC1. The van der Waals surface area contributed by atoms with E-state index >= 15 is 0 Å². The first kappa shape index (κ1) is 16.1. The molecule has 6 heteroatoms. The molecule has 0 spiro atoms. The van der Waals surface area contributed by atoms with Gasteiger partial charge >= 0.3 is 0 Å². The van der Waals surface area contributed by atoms with Crippen LogP contribution in [-0.4, -0.2) is 63.0 Å². The Morgan fingerprint density at radius 1 is 1.50 bits per heavy atom. The summed E-state index contributed by atoms with van der Waals surface area (Å²) in [4.78, 5) is 11.7. The van der Waals surface area contributed by atoms with Crippen LogP contribution in [0, 0.1) is 5.92 Å². The predicted molar refractivity (Wildman–Crippen MR) is 81.1 cm³/mol. The van der Waals surface area contributed by atoms with Crippen LogP contribution in [-0.2, 0) is 14.3 Å². The van der Waals surface area contributed by atoms with Gasteiger partial charge in [0.15, 0.2) is 0 Å². The minimum atomic E-state index is 0.147. The molecule has 2 aliphatic rings. The fourth-order valence-corrected chi connectivity index (χ4v) is 3.36. The molecule has 0 aromatic heterocycles. The number of hydrogen-bond donors (Lipinski definition) is 2. The molecule has 0 aromatic carbocycles. The highest BCUT2D eigenvalue weighted by Gasteiger charge is 2.16. The highest BCUT2D eigenvalue weighted by molar-refractivity contribution is 7.99. The first-order valence-corrected chi connectivity index (χ1v) is 8.73. The molecule has 2 aliphatic heterocycles. The molecule has 2 atom stereocenters. The van der Waals surface area contributed by atoms with Crippen LogP contribution in [0.3, 0.4) is 0 Å². The first-order chi connectivity index (χ1) is 9.84. The number of nitrogens with one attached hydrogen (secondary N) is 2. The van der Waals surface area contributed by atoms with Crippen molar-refractivity contribution in [1.82, 2.24) is 10.6 Å². The van der Waals surface area contributed by atoms with Gasteiger partial charge in [0.25, 0.3) is 0 Å². The van der Waals surface area contributed by atoms with Gasteiger partial charge in [-0.15, -0.1) is 0 Å². The van der Waals surface area contributed by atoms with Crippen molar-refractivity contribution in [1.29, 1.82) is 0 Å². The lowest BCUT2D eigenvalue weighted by Crippen LogP contribution is -2.41. The van der Waals surface area contributed by atoms with Crippen LogP contribution in [0.2, 0.25) is 0 Å². The van der Waals surface area contributed by atoms with Gasteiger partial charge in [0.2, 0.25) is 5.91 Å². The van der Waals surface area contributed by atoms with Gasteiger partial charge in [-0.1, -0.05) is 0 Å². The van der Waals surface area contributed by atoms with Gasteiger partial charge in [-0.25, -0.2) is 0 Å². The summed E-state index contributed by atoms with van der Waals surface area (Å²) < 4.78 is 10.9. The number of ether oxygens (including phenoxy) is 2. The van der Waals surface area contributed by atoms with E-state index in [2.05, 4.69) is 10.6 Å². The van der Waals surface area contributed by atoms with Crippen molar-refractivity contribution >= 4 is 17.7 Å². The molecule has 0 radical (unpaired) electrons. The Labute approximate surface area is 125 Å². The van der Waals surface area contributed by atoms with E-state index < -0.39 is 0 Å². The maximum absolute atomic E-state index is 11.7. The smallest absolute Gasteiger partial charge is 0.221 e. The van der Waals surface area contributed by atoms with Crippen molar-refractivity contribution in [2.75, 3.05) is 51.0 Å². The third-order valence-corrected chi connectivity index (χ3v) is 4.73. The summed E-state index contributed by atoms with van der Waals surface area (Å²) in [7, 11) is 0. The van der Waals surface area contributed by atoms with Crippen molar-refractivity contribution in [2.24, 2.45) is 5.92 Å². The third-order valence-electron chi connectivity index (χ3n) is 3.60. The fraction of sp³-hybridized carbons (Fsp3) is 0.929. The maximum Gasteiger partial charge on any atom is 0.221 e. The second-order valence-corrected chi connectivity index (χ2v) is 6.59. The number of carbonyl (C=O) groups excluding carboxylic acids is 1. The summed E-state index contributed by atoms with van der Waals surface area (Å²) in [5.74, 6) is 2.91. The number of thioether (sulfide) groups is 1. The monoisotopic (exact) mass is 302 g/mol. The lowest BCUT2D eigenvalue weighted by Gasteiger charge is -2.22. The quantitative estimate of drug-likeness (QED) is 0.645. The summed E-state index contributed by atoms with van der Waals surface area (Å²) in [5.41, 5.74) is 0. The van der Waals surface area contributed by atoms with Crippen molar-refractivity contribution in [3.8, 4) is 0 Å². The Balaban J connectivity index is 1.40. The average molecular weight is 302 g/mol. The molecule has 0 aliphatic carbocycles. The van der Waals surface area contributed by atoms with Crippen LogP contribution in [0.15, 0.2) is 0 Å². The van der Waals surface area contributed by atoms with E-state index in [9.17, 15) is 4.79 Å². The molecule has 0 aromatic rings. The zero-order valence-electron chi connectivity index (χ0n) is 12.1. The van der Waals surface area contributed by atoms with Gasteiger partial charge in [-0.05, 0) is 12.8 Å². The van der Waals surface area contributed by atoms with Crippen LogP contribution in [0.5, 0.6) is 0 Å². The molecule has 0 saturated carbocycles. The van der Waals surface area contributed by atoms with Gasteiger partial charge in [0.05, 0.1) is 13.2 Å². The Bertz CT molecular complexity index is 280. The zero-order chi connectivity index (χ0) is 14.0. The largest absolute Gasteiger partial charge is 0.381 e. The van der Waals surface area contributed by atoms with Crippen molar-refractivity contribution in [2.45, 2.75) is 25.3 Å². The molecule has 116 valence electrons. The topological polar surface area (TPSA) is 59.6 Å². The van der Waals surface area contributed by atoms with Gasteiger partial charge in [0, 0.05) is 56.2 Å². The van der Waals surface area contributed by atoms with E-state index in [-0.39, 0.29) is 5.91 Å². The number of amides is 1. The van der Waals surface area contributed by atoms with Gasteiger partial charge in [-0.3, -0.25) is 4.79 Å². The normalized spacial score (nSPS) is 26.6. The Hall–Kier alpha value is -0.300. The van der Waals surface area contributed by atoms with Gasteiger partial charge in [-0.2, -0.15) is 11.8 Å². The van der Waals surface area contributed by atoms with Crippen LogP contribution in [0.4, 0.5) is 0 Å². The van der Waals surface area contributed by atoms with Crippen LogP contribution in [0.25, 0.3) is 0 Å². The maximum atomic E-state index is 11.7. The molecular formula is C14H26N2O3S. The van der Waals surface area contributed by atoms with Crippen LogP contribution >= 0.6 is 11.8 Å². The predicted octanol–water partition coefficient (Wildman–Crippen LogP) is 0.641. The van der Waals surface area contributed by atoms with Gasteiger partial charge in [0.1, 0.15) is 0 Å². The molecule has 20 heavy (non-hydrogen) atoms. The van der Waals surface area contributed by atoms with Crippen LogP contribution < -0.4 is 10.6 Å². The van der Waals surface area contributed by atoms with Crippen molar-refractivity contribution in [3.05, 3.63) is 0 Å². The zero-order valence-corrected chi connectivity index (χ0v) is 12.9. The van der Waals surface area contributed by atoms with Crippen molar-refractivity contribution < 1.29 is 14.3 Å². The highest BCUT2D eigenvalue weighted by atomic mass is 32.2. The molecule has 2 fully saturated rings. The molecule has 2 N–H and O–H groups in total. The average Bonchev–Trinajstić information content (AvgIpc) is 2.97. The standard InChI is InChI=1S/C14H26N2O3S/c17-14(8-13-11-20-7-4-15-13)16-3-1-5-18-9-12-2-6-19-10-12/h12-13,15H,1-11H2,(H,16,17). The summed E-state index contributed by atoms with van der Waals surface area (Å²) in [6.07, 6.45) is 2.59. The molecule has 2 saturated heterocycles. The van der Waals surface area contributed by atoms with E-state index in [0.717, 1.165) is 50.7 Å². The van der Waals surface area contributed by atoms with Crippen molar-refractivity contribution in [3.63, 3.8) is 0 Å². The molecular weight excluding hydrogens is 276 g/mol. The van der Waals surface area contributed by atoms with E-state index in [1.165, 1.54) is 0 Å². The van der Waals surface area contributed by atoms with Gasteiger partial charge < -0.3 is 20.1 Å². The molecule has 0 bridgehead atoms. The van der Waals surface area contributed by atoms with Crippen LogP contribution in [0.1, 0.15) is 19.3 Å². The second kappa shape index (κ2) is 9.60. The molecule has 2 heterocycles. The molecule has 5 nitrogen and oxygen atoms in total.